The fourth-order valence-corrected chi connectivity index (χ4v) is 1.86. The molecule has 2 aromatic heterocycles. The van der Waals surface area contributed by atoms with Crippen LogP contribution in [0.5, 0.6) is 0 Å². The van der Waals surface area contributed by atoms with Gasteiger partial charge in [0, 0.05) is 31.4 Å². The van der Waals surface area contributed by atoms with Crippen molar-refractivity contribution in [2.45, 2.75) is 33.2 Å². The number of hydrogen-bond donors (Lipinski definition) is 1. The van der Waals surface area contributed by atoms with E-state index in [1.54, 1.807) is 6.07 Å². The second-order valence-electron chi connectivity index (χ2n) is 4.05. The van der Waals surface area contributed by atoms with E-state index in [0.717, 1.165) is 24.5 Å². The molecule has 0 aliphatic carbocycles. The highest BCUT2D eigenvalue weighted by molar-refractivity contribution is 5.30. The molecule has 2 N–H and O–H groups in total. The molecule has 0 radical (unpaired) electrons. The minimum Gasteiger partial charge on any atom is -0.384 e. The Morgan fingerprint density at radius 1 is 1.35 bits per heavy atom. The van der Waals surface area contributed by atoms with Gasteiger partial charge in [0.2, 0.25) is 0 Å². The first-order valence-electron chi connectivity index (χ1n) is 5.79. The van der Waals surface area contributed by atoms with Crippen LogP contribution in [0.3, 0.4) is 0 Å². The molecule has 5 heteroatoms. The zero-order chi connectivity index (χ0) is 12.3. The fourth-order valence-electron chi connectivity index (χ4n) is 1.86. The molecule has 0 aliphatic rings. The first-order valence-corrected chi connectivity index (χ1v) is 5.79. The number of aryl methyl sites for hydroxylation is 2. The Kier molecular flexibility index (Phi) is 3.37. The minimum atomic E-state index is 0.515. The average Bonchev–Trinajstić information content (AvgIpc) is 2.65. The molecule has 0 bridgehead atoms. The van der Waals surface area contributed by atoms with Gasteiger partial charge in [-0.3, -0.25) is 0 Å². The molecule has 5 nitrogen and oxygen atoms in total. The predicted molar refractivity (Wildman–Crippen MR) is 66.5 cm³/mol. The van der Waals surface area contributed by atoms with E-state index in [4.69, 9.17) is 5.73 Å². The van der Waals surface area contributed by atoms with Gasteiger partial charge >= 0.3 is 0 Å². The van der Waals surface area contributed by atoms with Gasteiger partial charge in [-0.1, -0.05) is 6.92 Å². The van der Waals surface area contributed by atoms with E-state index in [2.05, 4.69) is 26.4 Å². The van der Waals surface area contributed by atoms with Crippen molar-refractivity contribution in [1.82, 2.24) is 19.5 Å². The molecule has 0 aromatic carbocycles. The summed E-state index contributed by atoms with van der Waals surface area (Å²) >= 11 is 0. The molecular formula is C12H17N5. The van der Waals surface area contributed by atoms with Crippen LogP contribution in [0.25, 0.3) is 0 Å². The van der Waals surface area contributed by atoms with Gasteiger partial charge in [-0.15, -0.1) is 0 Å². The number of anilines is 1. The van der Waals surface area contributed by atoms with Crippen molar-refractivity contribution in [3.05, 3.63) is 35.8 Å². The summed E-state index contributed by atoms with van der Waals surface area (Å²) < 4.78 is 2.15. The summed E-state index contributed by atoms with van der Waals surface area (Å²) in [5, 5.41) is 0. The van der Waals surface area contributed by atoms with Crippen LogP contribution in [0.15, 0.2) is 18.5 Å². The van der Waals surface area contributed by atoms with Gasteiger partial charge in [-0.05, 0) is 13.3 Å². The van der Waals surface area contributed by atoms with E-state index in [-0.39, 0.29) is 0 Å². The van der Waals surface area contributed by atoms with Crippen LogP contribution in [0.2, 0.25) is 0 Å². The van der Waals surface area contributed by atoms with Crippen molar-refractivity contribution in [3.63, 3.8) is 0 Å². The molecule has 0 unspecified atom stereocenters. The summed E-state index contributed by atoms with van der Waals surface area (Å²) in [5.74, 6) is 2.24. The minimum absolute atomic E-state index is 0.515. The standard InChI is InChI=1S/C12H17N5/c1-3-5-17-6-4-14-12(17)8-10-7-11(13)16-9(2)15-10/h4,6-7H,3,5,8H2,1-2H3,(H2,13,15,16). The topological polar surface area (TPSA) is 69.6 Å². The zero-order valence-electron chi connectivity index (χ0n) is 10.2. The van der Waals surface area contributed by atoms with E-state index in [9.17, 15) is 0 Å². The van der Waals surface area contributed by atoms with Crippen molar-refractivity contribution in [2.75, 3.05) is 5.73 Å². The molecule has 0 fully saturated rings. The molecule has 0 saturated carbocycles. The second-order valence-corrected chi connectivity index (χ2v) is 4.05. The number of hydrogen-bond acceptors (Lipinski definition) is 4. The molecule has 0 saturated heterocycles. The van der Waals surface area contributed by atoms with E-state index in [1.165, 1.54) is 0 Å². The Labute approximate surface area is 101 Å². The Bertz CT molecular complexity index is 483. The molecule has 2 rings (SSSR count). The van der Waals surface area contributed by atoms with E-state index in [0.29, 0.717) is 18.1 Å². The molecule has 0 spiro atoms. The van der Waals surface area contributed by atoms with Crippen molar-refractivity contribution in [3.8, 4) is 0 Å². The summed E-state index contributed by atoms with van der Waals surface area (Å²) in [5.41, 5.74) is 6.62. The Morgan fingerprint density at radius 3 is 2.88 bits per heavy atom. The highest BCUT2D eigenvalue weighted by Crippen LogP contribution is 2.09. The van der Waals surface area contributed by atoms with E-state index in [1.807, 2.05) is 19.3 Å². The van der Waals surface area contributed by atoms with E-state index >= 15 is 0 Å². The van der Waals surface area contributed by atoms with Crippen molar-refractivity contribution in [1.29, 1.82) is 0 Å². The maximum Gasteiger partial charge on any atom is 0.127 e. The summed E-state index contributed by atoms with van der Waals surface area (Å²) in [4.78, 5) is 12.8. The number of nitrogens with two attached hydrogens (primary N) is 1. The van der Waals surface area contributed by atoms with E-state index < -0.39 is 0 Å². The van der Waals surface area contributed by atoms with Crippen LogP contribution in [0.1, 0.15) is 30.7 Å². The van der Waals surface area contributed by atoms with Crippen LogP contribution in [-0.4, -0.2) is 19.5 Å². The largest absolute Gasteiger partial charge is 0.384 e. The SMILES string of the molecule is CCCn1ccnc1Cc1cc(N)nc(C)n1. The lowest BCUT2D eigenvalue weighted by atomic mass is 10.2. The summed E-state index contributed by atoms with van der Waals surface area (Å²) in [7, 11) is 0. The van der Waals surface area contributed by atoms with Crippen molar-refractivity contribution >= 4 is 5.82 Å². The Balaban J connectivity index is 2.22. The van der Waals surface area contributed by atoms with Crippen LogP contribution in [-0.2, 0) is 13.0 Å². The number of nitrogens with zero attached hydrogens (tertiary/aromatic N) is 4. The lowest BCUT2D eigenvalue weighted by Crippen LogP contribution is -2.06. The van der Waals surface area contributed by atoms with Crippen LogP contribution in [0.4, 0.5) is 5.82 Å². The van der Waals surface area contributed by atoms with Gasteiger partial charge in [-0.25, -0.2) is 15.0 Å². The highest BCUT2D eigenvalue weighted by atomic mass is 15.1. The lowest BCUT2D eigenvalue weighted by Gasteiger charge is -2.06. The average molecular weight is 231 g/mol. The lowest BCUT2D eigenvalue weighted by molar-refractivity contribution is 0.644. The molecule has 2 aromatic rings. The summed E-state index contributed by atoms with van der Waals surface area (Å²) in [6, 6.07) is 1.80. The Morgan fingerprint density at radius 2 is 2.18 bits per heavy atom. The zero-order valence-corrected chi connectivity index (χ0v) is 10.2. The maximum absolute atomic E-state index is 5.71. The number of imidazole rings is 1. The Hall–Kier alpha value is -1.91. The summed E-state index contributed by atoms with van der Waals surface area (Å²) in [6.45, 7) is 4.98. The molecular weight excluding hydrogens is 214 g/mol. The molecule has 0 aliphatic heterocycles. The number of nitrogen functional groups attached to an aromatic ring is 1. The molecule has 0 atom stereocenters. The smallest absolute Gasteiger partial charge is 0.127 e. The van der Waals surface area contributed by atoms with Gasteiger partial charge < -0.3 is 10.3 Å². The quantitative estimate of drug-likeness (QED) is 0.867. The fraction of sp³-hybridized carbons (Fsp3) is 0.417. The summed E-state index contributed by atoms with van der Waals surface area (Å²) in [6.07, 6.45) is 5.60. The maximum atomic E-state index is 5.71. The monoisotopic (exact) mass is 231 g/mol. The normalized spacial score (nSPS) is 10.7. The molecule has 2 heterocycles. The number of rotatable bonds is 4. The van der Waals surface area contributed by atoms with Gasteiger partial charge in [0.1, 0.15) is 17.5 Å². The number of aromatic nitrogens is 4. The third kappa shape index (κ3) is 2.81. The van der Waals surface area contributed by atoms with Gasteiger partial charge in [0.25, 0.3) is 0 Å². The first kappa shape index (κ1) is 11.6. The van der Waals surface area contributed by atoms with Crippen molar-refractivity contribution in [2.24, 2.45) is 0 Å². The molecule has 0 amide bonds. The highest BCUT2D eigenvalue weighted by Gasteiger charge is 2.06. The third-order valence-electron chi connectivity index (χ3n) is 2.52. The van der Waals surface area contributed by atoms with Crippen LogP contribution < -0.4 is 5.73 Å². The first-order chi connectivity index (χ1) is 8.19. The van der Waals surface area contributed by atoms with Crippen LogP contribution >= 0.6 is 0 Å². The predicted octanol–water partition coefficient (Wildman–Crippen LogP) is 1.56. The van der Waals surface area contributed by atoms with Gasteiger partial charge in [-0.2, -0.15) is 0 Å². The van der Waals surface area contributed by atoms with Gasteiger partial charge in [0.05, 0.1) is 5.69 Å². The molecule has 90 valence electrons. The van der Waals surface area contributed by atoms with Gasteiger partial charge in [0.15, 0.2) is 0 Å². The van der Waals surface area contributed by atoms with Crippen LogP contribution in [0, 0.1) is 6.92 Å². The second kappa shape index (κ2) is 4.95. The van der Waals surface area contributed by atoms with Crippen molar-refractivity contribution < 1.29 is 0 Å². The third-order valence-corrected chi connectivity index (χ3v) is 2.52. The molecule has 17 heavy (non-hydrogen) atoms.